The van der Waals surface area contributed by atoms with Gasteiger partial charge in [0.25, 0.3) is 0 Å². The Balaban J connectivity index is 5.26. The number of phosphoric ester groups is 2. The molecule has 0 aromatic rings. The van der Waals surface area contributed by atoms with E-state index in [9.17, 15) is 43.2 Å². The van der Waals surface area contributed by atoms with Gasteiger partial charge in [0.2, 0.25) is 0 Å². The molecule has 0 saturated heterocycles. The molecule has 578 valence electrons. The maximum atomic E-state index is 13.1. The van der Waals surface area contributed by atoms with Crippen molar-refractivity contribution in [2.45, 2.75) is 401 Å². The van der Waals surface area contributed by atoms with Crippen molar-refractivity contribution in [1.82, 2.24) is 0 Å². The average molecular weight is 1430 g/mol. The molecule has 0 rings (SSSR count). The first-order chi connectivity index (χ1) is 47.2. The third kappa shape index (κ3) is 71.9. The molecule has 0 saturated carbocycles. The zero-order chi connectivity index (χ0) is 72.3. The molecule has 0 aliphatic rings. The van der Waals surface area contributed by atoms with E-state index in [-0.39, 0.29) is 25.7 Å². The average Bonchev–Trinajstić information content (AvgIpc) is 0.950. The Hall–Kier alpha value is -2.46. The van der Waals surface area contributed by atoms with Crippen molar-refractivity contribution in [2.24, 2.45) is 17.8 Å². The van der Waals surface area contributed by atoms with Gasteiger partial charge in [0.15, 0.2) is 12.2 Å². The smallest absolute Gasteiger partial charge is 0.462 e. The van der Waals surface area contributed by atoms with E-state index in [1.54, 1.807) is 0 Å². The van der Waals surface area contributed by atoms with Crippen LogP contribution < -0.4 is 0 Å². The molecule has 98 heavy (non-hydrogen) atoms. The summed E-state index contributed by atoms with van der Waals surface area (Å²) in [7, 11) is -9.93. The minimum atomic E-state index is -4.97. The van der Waals surface area contributed by atoms with Crippen molar-refractivity contribution in [3.05, 3.63) is 24.3 Å². The topological polar surface area (TPSA) is 237 Å². The molecular weight excluding hydrogens is 1280 g/mol. The van der Waals surface area contributed by atoms with E-state index in [0.29, 0.717) is 31.6 Å². The summed E-state index contributed by atoms with van der Waals surface area (Å²) < 4.78 is 68.6. The first-order valence-electron chi connectivity index (χ1n) is 40.2. The highest BCUT2D eigenvalue weighted by Gasteiger charge is 2.30. The number of unbranched alkanes of at least 4 members (excludes halogenated alkanes) is 40. The van der Waals surface area contributed by atoms with Crippen LogP contribution in [0.1, 0.15) is 382 Å². The maximum absolute atomic E-state index is 13.1. The maximum Gasteiger partial charge on any atom is 0.472 e. The van der Waals surface area contributed by atoms with E-state index in [4.69, 9.17) is 37.0 Å². The summed E-state index contributed by atoms with van der Waals surface area (Å²) in [6.07, 6.45) is 59.2. The lowest BCUT2D eigenvalue weighted by Gasteiger charge is -2.21. The van der Waals surface area contributed by atoms with Crippen molar-refractivity contribution in [2.75, 3.05) is 39.6 Å². The molecule has 5 atom stereocenters. The number of aliphatic hydroxyl groups is 1. The molecule has 0 radical (unpaired) electrons. The van der Waals surface area contributed by atoms with Crippen LogP contribution in [0.2, 0.25) is 0 Å². The van der Waals surface area contributed by atoms with Crippen LogP contribution in [0.15, 0.2) is 24.3 Å². The summed E-state index contributed by atoms with van der Waals surface area (Å²) in [5.74, 6) is 0.114. The number of hydrogen-bond donors (Lipinski definition) is 3. The van der Waals surface area contributed by atoms with Crippen LogP contribution in [0.5, 0.6) is 0 Å². The molecule has 0 aromatic carbocycles. The summed E-state index contributed by atoms with van der Waals surface area (Å²) in [4.78, 5) is 72.9. The van der Waals surface area contributed by atoms with Crippen molar-refractivity contribution in [1.29, 1.82) is 0 Å². The standard InChI is InChI=1S/C79H150O17P2/c1-8-9-10-11-12-13-14-15-18-22-28-33-38-46-53-60-76(81)89-66-74(95-78(83)62-55-48-39-34-29-23-20-17-16-19-21-26-31-36-43-50-57-70(2)3)68-93-97(85,86)91-64-73(80)65-92-98(87,88)94-69-75(67-90-77(82)61-54-47-42-41-45-52-59-72(6)7)96-79(84)63-56-49-40-35-30-25-24-27-32-37-44-51-58-71(4)5/h13-15,18,70-75,80H,8-12,16-17,19-69H2,1-7H3,(H,85,86)(H,87,88)/b14-13-,18-15-/t73-,74-,75-/m1/s1. The number of ether oxygens (including phenoxy) is 4. The zero-order valence-corrected chi connectivity index (χ0v) is 65.5. The fourth-order valence-electron chi connectivity index (χ4n) is 11.6. The number of hydrogen-bond acceptors (Lipinski definition) is 15. The number of esters is 4. The monoisotopic (exact) mass is 1430 g/mol. The van der Waals surface area contributed by atoms with Gasteiger partial charge in [-0.2, -0.15) is 0 Å². The van der Waals surface area contributed by atoms with Gasteiger partial charge in [-0.1, -0.05) is 330 Å². The minimum absolute atomic E-state index is 0.101. The molecular formula is C79H150O17P2. The molecule has 0 spiro atoms. The molecule has 0 bridgehead atoms. The Labute approximate surface area is 599 Å². The molecule has 0 fully saturated rings. The van der Waals surface area contributed by atoms with Crippen LogP contribution in [0.25, 0.3) is 0 Å². The largest absolute Gasteiger partial charge is 0.472 e. The van der Waals surface area contributed by atoms with Crippen LogP contribution in [0, 0.1) is 17.8 Å². The first-order valence-corrected chi connectivity index (χ1v) is 43.2. The molecule has 0 heterocycles. The van der Waals surface area contributed by atoms with Gasteiger partial charge in [-0.25, -0.2) is 9.13 Å². The summed E-state index contributed by atoms with van der Waals surface area (Å²) in [6.45, 7) is 11.8. The van der Waals surface area contributed by atoms with Gasteiger partial charge < -0.3 is 33.8 Å². The summed E-state index contributed by atoms with van der Waals surface area (Å²) in [5, 5.41) is 10.6. The van der Waals surface area contributed by atoms with Crippen LogP contribution in [0.3, 0.4) is 0 Å². The van der Waals surface area contributed by atoms with Gasteiger partial charge in [0.1, 0.15) is 19.3 Å². The zero-order valence-electron chi connectivity index (χ0n) is 63.7. The first kappa shape index (κ1) is 95.5. The van der Waals surface area contributed by atoms with Crippen molar-refractivity contribution in [3.63, 3.8) is 0 Å². The fraction of sp³-hybridized carbons (Fsp3) is 0.899. The Bertz CT molecular complexity index is 2000. The van der Waals surface area contributed by atoms with E-state index in [2.05, 4.69) is 72.8 Å². The minimum Gasteiger partial charge on any atom is -0.462 e. The molecule has 0 aliphatic heterocycles. The third-order valence-corrected chi connectivity index (χ3v) is 19.7. The summed E-state index contributed by atoms with van der Waals surface area (Å²) >= 11 is 0. The van der Waals surface area contributed by atoms with E-state index >= 15 is 0 Å². The number of carbonyl (C=O) groups excluding carboxylic acids is 4. The highest BCUT2D eigenvalue weighted by atomic mass is 31.2. The SMILES string of the molecule is CCCCCC/C=C\C=C/CCCCCCCC(=O)OC[C@H](COP(=O)(O)OC[C@@H](O)COP(=O)(O)OC[C@@H](COC(=O)CCCCCCCCC(C)C)OC(=O)CCCCCCCCCCCCCCC(C)C)OC(=O)CCCCCCCCCCCCCCCCCCC(C)C. The molecule has 19 heteroatoms. The Morgan fingerprint density at radius 3 is 0.827 bits per heavy atom. The second-order valence-corrected chi connectivity index (χ2v) is 32.1. The lowest BCUT2D eigenvalue weighted by Crippen LogP contribution is -2.30. The molecule has 17 nitrogen and oxygen atoms in total. The van der Waals surface area contributed by atoms with Gasteiger partial charge in [0.05, 0.1) is 26.4 Å². The number of allylic oxidation sites excluding steroid dienone is 4. The van der Waals surface area contributed by atoms with Gasteiger partial charge in [-0.3, -0.25) is 37.3 Å². The molecule has 3 N–H and O–H groups in total. The molecule has 0 amide bonds. The molecule has 0 aliphatic carbocycles. The second-order valence-electron chi connectivity index (χ2n) is 29.2. The van der Waals surface area contributed by atoms with Crippen LogP contribution >= 0.6 is 15.6 Å². The van der Waals surface area contributed by atoms with Crippen molar-refractivity contribution >= 4 is 39.5 Å². The summed E-state index contributed by atoms with van der Waals surface area (Å²) in [6, 6.07) is 0. The second kappa shape index (κ2) is 68.9. The fourth-order valence-corrected chi connectivity index (χ4v) is 13.2. The number of carbonyl (C=O) groups is 4. The van der Waals surface area contributed by atoms with Crippen LogP contribution in [-0.4, -0.2) is 96.7 Å². The van der Waals surface area contributed by atoms with Gasteiger partial charge in [-0.05, 0) is 69.1 Å². The highest BCUT2D eigenvalue weighted by molar-refractivity contribution is 7.47. The van der Waals surface area contributed by atoms with Gasteiger partial charge in [0, 0.05) is 25.7 Å². The van der Waals surface area contributed by atoms with Crippen LogP contribution in [-0.2, 0) is 65.4 Å². The van der Waals surface area contributed by atoms with Gasteiger partial charge in [-0.15, -0.1) is 0 Å². The third-order valence-electron chi connectivity index (χ3n) is 17.8. The number of aliphatic hydroxyl groups excluding tert-OH is 1. The molecule has 0 aromatic heterocycles. The molecule has 2 unspecified atom stereocenters. The number of phosphoric acid groups is 2. The van der Waals surface area contributed by atoms with Crippen LogP contribution in [0.4, 0.5) is 0 Å². The van der Waals surface area contributed by atoms with E-state index < -0.39 is 97.5 Å². The van der Waals surface area contributed by atoms with E-state index in [1.807, 2.05) is 0 Å². The lowest BCUT2D eigenvalue weighted by atomic mass is 10.0. The number of rotatable bonds is 75. The highest BCUT2D eigenvalue weighted by Crippen LogP contribution is 2.45. The Morgan fingerprint density at radius 2 is 0.551 bits per heavy atom. The predicted octanol–water partition coefficient (Wildman–Crippen LogP) is 22.9. The van der Waals surface area contributed by atoms with Gasteiger partial charge >= 0.3 is 39.5 Å². The normalized spacial score (nSPS) is 14.2. The Kier molecular flexibility index (Phi) is 67.2. The predicted molar refractivity (Wildman–Crippen MR) is 400 cm³/mol. The summed E-state index contributed by atoms with van der Waals surface area (Å²) in [5.41, 5.74) is 0. The lowest BCUT2D eigenvalue weighted by molar-refractivity contribution is -0.161. The van der Waals surface area contributed by atoms with Crippen molar-refractivity contribution < 1.29 is 80.2 Å². The van der Waals surface area contributed by atoms with E-state index in [1.165, 1.54) is 167 Å². The van der Waals surface area contributed by atoms with E-state index in [0.717, 1.165) is 127 Å². The van der Waals surface area contributed by atoms with Crippen molar-refractivity contribution in [3.8, 4) is 0 Å². The quantitative estimate of drug-likeness (QED) is 0.0169. The Morgan fingerprint density at radius 1 is 0.316 bits per heavy atom.